The van der Waals surface area contributed by atoms with Crippen LogP contribution in [-0.2, 0) is 0 Å². The van der Waals surface area contributed by atoms with Crippen molar-refractivity contribution in [2.75, 3.05) is 23.7 Å². The molecule has 0 bridgehead atoms. The quantitative estimate of drug-likeness (QED) is 0.733. The smallest absolute Gasteiger partial charge is 0.225 e. The second kappa shape index (κ2) is 4.79. The van der Waals surface area contributed by atoms with Gasteiger partial charge in [0.2, 0.25) is 5.95 Å². The van der Waals surface area contributed by atoms with E-state index >= 15 is 0 Å². The number of hydrogen-bond acceptors (Lipinski definition) is 4. The molecule has 15 heavy (non-hydrogen) atoms. The van der Waals surface area contributed by atoms with E-state index in [1.165, 1.54) is 12.4 Å². The summed E-state index contributed by atoms with van der Waals surface area (Å²) >= 11 is 1.97. The van der Waals surface area contributed by atoms with Gasteiger partial charge >= 0.3 is 0 Å². The summed E-state index contributed by atoms with van der Waals surface area (Å²) in [6.45, 7) is 4.14. The number of hydrogen-bond donors (Lipinski definition) is 0. The lowest BCUT2D eigenvalue weighted by Gasteiger charge is -2.19. The first-order chi connectivity index (χ1) is 7.25. The molecule has 0 amide bonds. The molecule has 2 rings (SSSR count). The standard InChI is InChI=1S/C10H14FN3S/c1-8-2-3-14(4-5-15-8)10-12-6-9(11)7-13-10/h6-8H,2-5H2,1H3. The largest absolute Gasteiger partial charge is 0.340 e. The molecule has 0 spiro atoms. The average Bonchev–Trinajstić information content (AvgIpc) is 2.44. The van der Waals surface area contributed by atoms with Crippen LogP contribution < -0.4 is 4.90 Å². The van der Waals surface area contributed by atoms with Crippen molar-refractivity contribution in [1.82, 2.24) is 9.97 Å². The van der Waals surface area contributed by atoms with Gasteiger partial charge in [-0.05, 0) is 6.42 Å². The summed E-state index contributed by atoms with van der Waals surface area (Å²) in [4.78, 5) is 10.1. The summed E-state index contributed by atoms with van der Waals surface area (Å²) in [6, 6.07) is 0. The predicted octanol–water partition coefficient (Wildman–Crippen LogP) is 1.95. The monoisotopic (exact) mass is 227 g/mol. The van der Waals surface area contributed by atoms with Crippen molar-refractivity contribution in [1.29, 1.82) is 0 Å². The van der Waals surface area contributed by atoms with Crippen LogP contribution in [0, 0.1) is 5.82 Å². The van der Waals surface area contributed by atoms with Crippen LogP contribution in [0.5, 0.6) is 0 Å². The molecular weight excluding hydrogens is 213 g/mol. The van der Waals surface area contributed by atoms with Crippen molar-refractivity contribution in [3.8, 4) is 0 Å². The van der Waals surface area contributed by atoms with Gasteiger partial charge in [0.1, 0.15) is 0 Å². The summed E-state index contributed by atoms with van der Waals surface area (Å²) in [5.74, 6) is 1.35. The number of nitrogens with zero attached hydrogens (tertiary/aromatic N) is 3. The summed E-state index contributed by atoms with van der Waals surface area (Å²) < 4.78 is 12.6. The van der Waals surface area contributed by atoms with Gasteiger partial charge in [0.05, 0.1) is 12.4 Å². The Labute approximate surface area is 93.1 Å². The minimum Gasteiger partial charge on any atom is -0.340 e. The fourth-order valence-electron chi connectivity index (χ4n) is 1.57. The van der Waals surface area contributed by atoms with E-state index in [-0.39, 0.29) is 5.82 Å². The Balaban J connectivity index is 2.06. The van der Waals surface area contributed by atoms with E-state index < -0.39 is 0 Å². The highest BCUT2D eigenvalue weighted by molar-refractivity contribution is 7.99. The van der Waals surface area contributed by atoms with Crippen molar-refractivity contribution in [3.63, 3.8) is 0 Å². The van der Waals surface area contributed by atoms with Crippen LogP contribution in [0.15, 0.2) is 12.4 Å². The highest BCUT2D eigenvalue weighted by Crippen LogP contribution is 2.20. The molecule has 1 unspecified atom stereocenters. The second-order valence-corrected chi connectivity index (χ2v) is 5.20. The van der Waals surface area contributed by atoms with Gasteiger partial charge in [0.15, 0.2) is 5.82 Å². The maximum absolute atomic E-state index is 12.6. The van der Waals surface area contributed by atoms with Gasteiger partial charge in [0, 0.05) is 24.1 Å². The van der Waals surface area contributed by atoms with E-state index in [0.29, 0.717) is 11.2 Å². The third kappa shape index (κ3) is 2.81. The SMILES string of the molecule is CC1CCN(c2ncc(F)cn2)CCS1. The molecule has 1 fully saturated rings. The minimum atomic E-state index is -0.378. The lowest BCUT2D eigenvalue weighted by Crippen LogP contribution is -2.27. The molecule has 1 aliphatic heterocycles. The fraction of sp³-hybridized carbons (Fsp3) is 0.600. The van der Waals surface area contributed by atoms with Crippen molar-refractivity contribution in [2.45, 2.75) is 18.6 Å². The van der Waals surface area contributed by atoms with Crippen LogP contribution >= 0.6 is 11.8 Å². The highest BCUT2D eigenvalue weighted by Gasteiger charge is 2.15. The molecule has 5 heteroatoms. The van der Waals surface area contributed by atoms with Gasteiger partial charge in [-0.1, -0.05) is 6.92 Å². The van der Waals surface area contributed by atoms with Gasteiger partial charge in [-0.25, -0.2) is 14.4 Å². The lowest BCUT2D eigenvalue weighted by molar-refractivity contribution is 0.610. The molecule has 0 aliphatic carbocycles. The van der Waals surface area contributed by atoms with E-state index in [1.54, 1.807) is 0 Å². The van der Waals surface area contributed by atoms with E-state index in [2.05, 4.69) is 21.8 Å². The molecular formula is C10H14FN3S. The Morgan fingerprint density at radius 3 is 2.87 bits per heavy atom. The third-order valence-corrected chi connectivity index (χ3v) is 3.68. The number of halogens is 1. The first-order valence-corrected chi connectivity index (χ1v) is 6.14. The molecule has 3 nitrogen and oxygen atoms in total. The summed E-state index contributed by atoms with van der Waals surface area (Å²) in [5, 5.41) is 0.690. The Morgan fingerprint density at radius 2 is 2.13 bits per heavy atom. The number of rotatable bonds is 1. The summed E-state index contributed by atoms with van der Waals surface area (Å²) in [6.07, 6.45) is 3.58. The molecule has 1 aromatic rings. The average molecular weight is 227 g/mol. The van der Waals surface area contributed by atoms with Gasteiger partial charge in [-0.15, -0.1) is 0 Å². The van der Waals surface area contributed by atoms with Gasteiger partial charge in [0.25, 0.3) is 0 Å². The molecule has 0 radical (unpaired) electrons. The van der Waals surface area contributed by atoms with Crippen molar-refractivity contribution < 1.29 is 4.39 Å². The van der Waals surface area contributed by atoms with Crippen LogP contribution in [0.25, 0.3) is 0 Å². The molecule has 82 valence electrons. The normalized spacial score (nSPS) is 22.5. The van der Waals surface area contributed by atoms with Crippen LogP contribution in [0.1, 0.15) is 13.3 Å². The first-order valence-electron chi connectivity index (χ1n) is 5.10. The zero-order valence-corrected chi connectivity index (χ0v) is 9.50. The Bertz CT molecular complexity index is 317. The molecule has 0 saturated carbocycles. The van der Waals surface area contributed by atoms with E-state index in [9.17, 15) is 4.39 Å². The van der Waals surface area contributed by atoms with Crippen LogP contribution in [0.3, 0.4) is 0 Å². The minimum absolute atomic E-state index is 0.378. The number of thioether (sulfide) groups is 1. The number of anilines is 1. The molecule has 0 N–H and O–H groups in total. The van der Waals surface area contributed by atoms with Crippen LogP contribution in [0.4, 0.5) is 10.3 Å². The molecule has 1 saturated heterocycles. The molecule has 1 aromatic heterocycles. The Morgan fingerprint density at radius 1 is 1.40 bits per heavy atom. The van der Waals surface area contributed by atoms with Crippen molar-refractivity contribution in [2.24, 2.45) is 0 Å². The maximum atomic E-state index is 12.6. The predicted molar refractivity (Wildman–Crippen MR) is 60.7 cm³/mol. The fourth-order valence-corrected chi connectivity index (χ4v) is 2.57. The van der Waals surface area contributed by atoms with Crippen LogP contribution in [0.2, 0.25) is 0 Å². The Hall–Kier alpha value is -0.840. The summed E-state index contributed by atoms with van der Waals surface area (Å²) in [5.41, 5.74) is 0. The maximum Gasteiger partial charge on any atom is 0.225 e. The van der Waals surface area contributed by atoms with Gasteiger partial charge < -0.3 is 4.90 Å². The second-order valence-electron chi connectivity index (χ2n) is 3.66. The Kier molecular flexibility index (Phi) is 3.41. The third-order valence-electron chi connectivity index (χ3n) is 2.46. The summed E-state index contributed by atoms with van der Waals surface area (Å²) in [7, 11) is 0. The van der Waals surface area contributed by atoms with Crippen molar-refractivity contribution in [3.05, 3.63) is 18.2 Å². The number of aromatic nitrogens is 2. The molecule has 2 heterocycles. The zero-order chi connectivity index (χ0) is 10.7. The lowest BCUT2D eigenvalue weighted by atomic mass is 10.3. The van der Waals surface area contributed by atoms with Gasteiger partial charge in [-0.3, -0.25) is 0 Å². The van der Waals surface area contributed by atoms with Gasteiger partial charge in [-0.2, -0.15) is 11.8 Å². The van der Waals surface area contributed by atoms with E-state index in [0.717, 1.165) is 25.3 Å². The van der Waals surface area contributed by atoms with Crippen LogP contribution in [-0.4, -0.2) is 34.1 Å². The molecule has 1 atom stereocenters. The van der Waals surface area contributed by atoms with Crippen molar-refractivity contribution >= 4 is 17.7 Å². The zero-order valence-electron chi connectivity index (χ0n) is 8.69. The highest BCUT2D eigenvalue weighted by atomic mass is 32.2. The molecule has 0 aromatic carbocycles. The topological polar surface area (TPSA) is 29.0 Å². The first kappa shape index (κ1) is 10.7. The van der Waals surface area contributed by atoms with E-state index in [1.807, 2.05) is 11.8 Å². The van der Waals surface area contributed by atoms with E-state index in [4.69, 9.17) is 0 Å². The molecule has 1 aliphatic rings.